The van der Waals surface area contributed by atoms with Crippen molar-refractivity contribution in [1.29, 1.82) is 0 Å². The summed E-state index contributed by atoms with van der Waals surface area (Å²) in [4.78, 5) is 29.2. The number of carbonyl (C=O) groups excluding carboxylic acids is 2. The lowest BCUT2D eigenvalue weighted by Crippen LogP contribution is -2.80. The summed E-state index contributed by atoms with van der Waals surface area (Å²) in [7, 11) is 8.63. The van der Waals surface area contributed by atoms with Crippen molar-refractivity contribution in [2.75, 3.05) is 48.6 Å². The van der Waals surface area contributed by atoms with E-state index in [2.05, 4.69) is 11.9 Å². The summed E-state index contributed by atoms with van der Waals surface area (Å²) in [6, 6.07) is 8.39. The molecule has 1 heterocycles. The molecule has 44 heavy (non-hydrogen) atoms. The van der Waals surface area contributed by atoms with Crippen LogP contribution in [0.2, 0.25) is 0 Å². The predicted molar refractivity (Wildman–Crippen MR) is 154 cm³/mol. The molecule has 0 radical (unpaired) electrons. The first-order valence-electron chi connectivity index (χ1n) is 15.7. The molecule has 11 heteroatoms. The molecule has 0 amide bonds. The van der Waals surface area contributed by atoms with Gasteiger partial charge < -0.3 is 43.5 Å². The maximum absolute atomic E-state index is 13.7. The topological polar surface area (TPSA) is 133 Å². The van der Waals surface area contributed by atoms with Crippen LogP contribution in [0.15, 0.2) is 30.3 Å². The molecule has 1 aliphatic heterocycles. The van der Waals surface area contributed by atoms with Gasteiger partial charge in [-0.1, -0.05) is 18.2 Å². The Morgan fingerprint density at radius 1 is 1.02 bits per heavy atom. The SMILES string of the molecule is COCC12CCC(OC)C34[C@@H]5C[C@@]6(O)C(OC(=O)c7ccccc7)[C@@H]5[C@@](OC(C)=O)(C(C(OC)[C@H]13)[C@H]4N(C)C2)C(O)[C@@H]6OC. The first kappa shape index (κ1) is 30.5. The zero-order valence-corrected chi connectivity index (χ0v) is 26.3. The minimum Gasteiger partial charge on any atom is -0.455 e. The Morgan fingerprint density at radius 3 is 2.36 bits per heavy atom. The second kappa shape index (κ2) is 10.2. The molecule has 7 rings (SSSR count). The Bertz CT molecular complexity index is 1310. The van der Waals surface area contributed by atoms with E-state index in [1.165, 1.54) is 14.0 Å². The van der Waals surface area contributed by atoms with Crippen molar-refractivity contribution in [3.8, 4) is 0 Å². The lowest BCUT2D eigenvalue weighted by molar-refractivity contribution is -0.316. The van der Waals surface area contributed by atoms with E-state index in [0.29, 0.717) is 12.2 Å². The van der Waals surface area contributed by atoms with Gasteiger partial charge in [0.2, 0.25) is 0 Å². The van der Waals surface area contributed by atoms with Gasteiger partial charge in [-0.15, -0.1) is 0 Å². The highest BCUT2D eigenvalue weighted by Crippen LogP contribution is 2.80. The number of likely N-dealkylation sites (tertiary alicyclic amines) is 1. The Hall–Kier alpha value is -2.12. The van der Waals surface area contributed by atoms with E-state index in [1.54, 1.807) is 45.6 Å². The van der Waals surface area contributed by atoms with Gasteiger partial charge in [0.05, 0.1) is 24.4 Å². The highest BCUT2D eigenvalue weighted by molar-refractivity contribution is 5.89. The quantitative estimate of drug-likeness (QED) is 0.410. The standard InChI is InChI=1S/C33H45NO10/c1-17(35)44-33-21-19(14-31(38,28(42-6)26(33)36)27(21)43-29(37)18-10-8-7-9-11-18)32-20(40-4)12-13-30(16-39-3)15-34(2)25(32)22(33)23(41-5)24(30)32/h7-11,19-28,36,38H,12-16H2,1-6H3/t19-,20?,21-,22?,23?,24-,25-,26?,27?,28+,30?,31-,32?,33-/m1/s1. The third kappa shape index (κ3) is 3.41. The van der Waals surface area contributed by atoms with E-state index in [-0.39, 0.29) is 35.8 Å². The van der Waals surface area contributed by atoms with E-state index in [9.17, 15) is 19.8 Å². The van der Waals surface area contributed by atoms with E-state index < -0.39 is 64.8 Å². The third-order valence-electron chi connectivity index (χ3n) is 12.8. The molecule has 1 saturated heterocycles. The number of methoxy groups -OCH3 is 4. The van der Waals surface area contributed by atoms with Gasteiger partial charge in [0.25, 0.3) is 0 Å². The molecule has 11 nitrogen and oxygen atoms in total. The molecule has 14 atom stereocenters. The minimum atomic E-state index is -1.76. The smallest absolute Gasteiger partial charge is 0.338 e. The number of esters is 2. The number of carbonyl (C=O) groups is 2. The second-order valence-corrected chi connectivity index (χ2v) is 14.2. The number of benzene rings is 1. The van der Waals surface area contributed by atoms with Crippen LogP contribution < -0.4 is 0 Å². The van der Waals surface area contributed by atoms with Crippen LogP contribution in [-0.2, 0) is 33.2 Å². The van der Waals surface area contributed by atoms with E-state index in [0.717, 1.165) is 19.4 Å². The maximum atomic E-state index is 13.7. The van der Waals surface area contributed by atoms with Crippen molar-refractivity contribution >= 4 is 11.9 Å². The highest BCUT2D eigenvalue weighted by atomic mass is 16.6. The van der Waals surface area contributed by atoms with Crippen LogP contribution in [0.4, 0.5) is 0 Å². The van der Waals surface area contributed by atoms with Gasteiger partial charge in [0.15, 0.2) is 5.60 Å². The van der Waals surface area contributed by atoms with Crippen LogP contribution in [0.1, 0.15) is 36.5 Å². The lowest BCUT2D eigenvalue weighted by atomic mass is 9.43. The van der Waals surface area contributed by atoms with Gasteiger partial charge in [-0.3, -0.25) is 4.79 Å². The Morgan fingerprint density at radius 2 is 1.75 bits per heavy atom. The molecule has 6 aliphatic rings. The predicted octanol–water partition coefficient (Wildman–Crippen LogP) is 1.29. The van der Waals surface area contributed by atoms with Crippen LogP contribution in [0.25, 0.3) is 0 Å². The van der Waals surface area contributed by atoms with Crippen molar-refractivity contribution < 1.29 is 48.2 Å². The normalized spacial score (nSPS) is 49.9. The van der Waals surface area contributed by atoms with Crippen LogP contribution >= 0.6 is 0 Å². The van der Waals surface area contributed by atoms with E-state index in [1.807, 2.05) is 6.07 Å². The summed E-state index contributed by atoms with van der Waals surface area (Å²) in [5.74, 6) is -2.96. The summed E-state index contributed by atoms with van der Waals surface area (Å²) in [5, 5.41) is 25.1. The van der Waals surface area contributed by atoms with Gasteiger partial charge >= 0.3 is 11.9 Å². The molecular weight excluding hydrogens is 570 g/mol. The molecule has 242 valence electrons. The number of piperidine rings is 1. The largest absolute Gasteiger partial charge is 0.455 e. The van der Waals surface area contributed by atoms with Crippen LogP contribution in [0.5, 0.6) is 0 Å². The fraction of sp³-hybridized carbons (Fsp3) is 0.758. The number of hydrogen-bond acceptors (Lipinski definition) is 11. The molecular formula is C33H45NO10. The summed E-state index contributed by atoms with van der Waals surface area (Å²) in [6.45, 7) is 2.56. The van der Waals surface area contributed by atoms with Crippen LogP contribution in [-0.4, -0.2) is 123 Å². The number of fused-ring (bicyclic) bond motifs is 2. The van der Waals surface area contributed by atoms with E-state index in [4.69, 9.17) is 28.4 Å². The number of nitrogens with zero attached hydrogens (tertiary/aromatic N) is 1. The van der Waals surface area contributed by atoms with Crippen molar-refractivity contribution in [2.45, 2.75) is 73.9 Å². The molecule has 1 aromatic carbocycles. The number of rotatable bonds is 8. The van der Waals surface area contributed by atoms with Crippen LogP contribution in [0.3, 0.4) is 0 Å². The van der Waals surface area contributed by atoms with Crippen molar-refractivity contribution in [2.24, 2.45) is 34.5 Å². The molecule has 0 aromatic heterocycles. The van der Waals surface area contributed by atoms with Gasteiger partial charge in [0.1, 0.15) is 23.9 Å². The van der Waals surface area contributed by atoms with E-state index >= 15 is 0 Å². The zero-order chi connectivity index (χ0) is 31.4. The number of aliphatic hydroxyl groups excluding tert-OH is 1. The average molecular weight is 616 g/mol. The molecule has 1 aromatic rings. The first-order valence-corrected chi connectivity index (χ1v) is 15.7. The lowest BCUT2D eigenvalue weighted by Gasteiger charge is -2.69. The fourth-order valence-electron chi connectivity index (χ4n) is 12.3. The van der Waals surface area contributed by atoms with Crippen molar-refractivity contribution in [3.63, 3.8) is 0 Å². The Balaban J connectivity index is 1.51. The molecule has 7 unspecified atom stereocenters. The van der Waals surface area contributed by atoms with Crippen molar-refractivity contribution in [1.82, 2.24) is 4.90 Å². The Kier molecular flexibility index (Phi) is 7.07. The highest BCUT2D eigenvalue weighted by Gasteiger charge is 2.91. The van der Waals surface area contributed by atoms with Crippen molar-refractivity contribution in [3.05, 3.63) is 35.9 Å². The summed E-state index contributed by atoms with van der Waals surface area (Å²) in [6.07, 6.45) is -2.66. The number of aliphatic hydroxyl groups is 2. The van der Waals surface area contributed by atoms with Crippen LogP contribution in [0, 0.1) is 34.5 Å². The number of hydrogen-bond donors (Lipinski definition) is 2. The monoisotopic (exact) mass is 615 g/mol. The molecule has 5 saturated carbocycles. The van der Waals surface area contributed by atoms with Gasteiger partial charge in [-0.2, -0.15) is 0 Å². The molecule has 5 aliphatic carbocycles. The van der Waals surface area contributed by atoms with Gasteiger partial charge in [0, 0.05) is 76.5 Å². The second-order valence-electron chi connectivity index (χ2n) is 14.2. The fourth-order valence-corrected chi connectivity index (χ4v) is 12.3. The first-order chi connectivity index (χ1) is 21.0. The zero-order valence-electron chi connectivity index (χ0n) is 26.3. The Labute approximate surface area is 258 Å². The molecule has 2 N–H and O–H groups in total. The number of ether oxygens (including phenoxy) is 6. The van der Waals surface area contributed by atoms with Gasteiger partial charge in [-0.05, 0) is 44.4 Å². The molecule has 1 spiro atoms. The van der Waals surface area contributed by atoms with Gasteiger partial charge in [-0.25, -0.2) is 4.79 Å². The summed E-state index contributed by atoms with van der Waals surface area (Å²) >= 11 is 0. The molecule has 7 bridgehead atoms. The third-order valence-corrected chi connectivity index (χ3v) is 12.8. The summed E-state index contributed by atoms with van der Waals surface area (Å²) < 4.78 is 37.5. The average Bonchev–Trinajstić information content (AvgIpc) is 3.39. The summed E-state index contributed by atoms with van der Waals surface area (Å²) in [5.41, 5.74) is -3.93. The molecule has 6 fully saturated rings. The maximum Gasteiger partial charge on any atom is 0.338 e. The minimum absolute atomic E-state index is 0.103.